The number of amides is 1. The molecular weight excluding hydrogens is 284 g/mol. The maximum absolute atomic E-state index is 11.3. The second kappa shape index (κ2) is 9.43. The minimum Gasteiger partial charge on any atom is -0.479 e. The van der Waals surface area contributed by atoms with E-state index in [1.165, 1.54) is 0 Å². The SMILES string of the molecule is C=C(C)C(=O)NCCC[N+](C)(C)CCOC(O)=C(C#N)C#N. The van der Waals surface area contributed by atoms with Crippen molar-refractivity contribution < 1.29 is 19.1 Å². The van der Waals surface area contributed by atoms with E-state index in [1.807, 2.05) is 14.1 Å². The van der Waals surface area contributed by atoms with E-state index in [0.29, 0.717) is 23.1 Å². The van der Waals surface area contributed by atoms with Crippen molar-refractivity contribution in [3.05, 3.63) is 23.7 Å². The van der Waals surface area contributed by atoms with Gasteiger partial charge >= 0.3 is 5.95 Å². The number of ether oxygens (including phenoxy) is 1. The van der Waals surface area contributed by atoms with Crippen LogP contribution in [0.2, 0.25) is 0 Å². The van der Waals surface area contributed by atoms with Crippen LogP contribution in [0.3, 0.4) is 0 Å². The maximum Gasteiger partial charge on any atom is 0.306 e. The van der Waals surface area contributed by atoms with Crippen molar-refractivity contribution in [2.24, 2.45) is 0 Å². The predicted octanol–water partition coefficient (Wildman–Crippen LogP) is 0.979. The minimum atomic E-state index is -0.640. The molecule has 1 amide bonds. The van der Waals surface area contributed by atoms with Crippen molar-refractivity contribution in [1.82, 2.24) is 5.32 Å². The number of quaternary nitrogens is 1. The lowest BCUT2D eigenvalue weighted by molar-refractivity contribution is -0.890. The lowest BCUT2D eigenvalue weighted by Gasteiger charge is -2.29. The summed E-state index contributed by atoms with van der Waals surface area (Å²) >= 11 is 0. The van der Waals surface area contributed by atoms with Crippen molar-refractivity contribution in [3.63, 3.8) is 0 Å². The number of hydrogen-bond acceptors (Lipinski definition) is 5. The van der Waals surface area contributed by atoms with Crippen LogP contribution in [-0.2, 0) is 9.53 Å². The Labute approximate surface area is 131 Å². The molecule has 2 N–H and O–H groups in total. The lowest BCUT2D eigenvalue weighted by Crippen LogP contribution is -2.44. The zero-order valence-electron chi connectivity index (χ0n) is 13.3. The number of allylic oxidation sites excluding steroid dienone is 1. The summed E-state index contributed by atoms with van der Waals surface area (Å²) in [5, 5.41) is 29.3. The van der Waals surface area contributed by atoms with E-state index >= 15 is 0 Å². The first-order valence-electron chi connectivity index (χ1n) is 6.85. The molecule has 0 radical (unpaired) electrons. The molecule has 120 valence electrons. The molecule has 0 aromatic heterocycles. The third kappa shape index (κ3) is 7.93. The van der Waals surface area contributed by atoms with Crippen molar-refractivity contribution in [1.29, 1.82) is 10.5 Å². The number of carbonyl (C=O) groups is 1. The van der Waals surface area contributed by atoms with Crippen LogP contribution < -0.4 is 5.32 Å². The van der Waals surface area contributed by atoms with E-state index < -0.39 is 11.5 Å². The Hall–Kier alpha value is -2.51. The number of nitrogens with zero attached hydrogens (tertiary/aromatic N) is 3. The Bertz CT molecular complexity index is 508. The van der Waals surface area contributed by atoms with Gasteiger partial charge in [0.15, 0.2) is 0 Å². The topological polar surface area (TPSA) is 106 Å². The number of rotatable bonds is 9. The molecule has 7 nitrogen and oxygen atoms in total. The zero-order valence-corrected chi connectivity index (χ0v) is 13.3. The van der Waals surface area contributed by atoms with Gasteiger partial charge in [0.25, 0.3) is 0 Å². The van der Waals surface area contributed by atoms with Gasteiger partial charge in [-0.3, -0.25) is 4.79 Å². The van der Waals surface area contributed by atoms with Gasteiger partial charge in [-0.1, -0.05) is 6.58 Å². The molecule has 0 fully saturated rings. The van der Waals surface area contributed by atoms with Crippen molar-refractivity contribution in [2.45, 2.75) is 13.3 Å². The first kappa shape index (κ1) is 19.5. The highest BCUT2D eigenvalue weighted by molar-refractivity contribution is 5.91. The fourth-order valence-corrected chi connectivity index (χ4v) is 1.55. The van der Waals surface area contributed by atoms with Gasteiger partial charge in [-0.05, 0) is 6.92 Å². The van der Waals surface area contributed by atoms with Crippen LogP contribution in [0.5, 0.6) is 0 Å². The molecule has 0 aromatic carbocycles. The Kier molecular flexibility index (Phi) is 8.35. The van der Waals surface area contributed by atoms with E-state index in [1.54, 1.807) is 19.1 Å². The molecule has 0 heterocycles. The highest BCUT2D eigenvalue weighted by Crippen LogP contribution is 2.04. The molecule has 7 heteroatoms. The van der Waals surface area contributed by atoms with Crippen molar-refractivity contribution in [2.75, 3.05) is 40.3 Å². The molecule has 0 aliphatic heterocycles. The summed E-state index contributed by atoms with van der Waals surface area (Å²) in [6.07, 6.45) is 0.787. The zero-order chi connectivity index (χ0) is 17.2. The first-order chi connectivity index (χ1) is 10.2. The second-order valence-electron chi connectivity index (χ2n) is 5.52. The quantitative estimate of drug-likeness (QED) is 0.217. The number of nitriles is 2. The Morgan fingerprint density at radius 2 is 1.91 bits per heavy atom. The summed E-state index contributed by atoms with van der Waals surface area (Å²) in [6.45, 7) is 7.35. The molecule has 0 saturated heterocycles. The molecule has 0 unspecified atom stereocenters. The largest absolute Gasteiger partial charge is 0.479 e. The second-order valence-corrected chi connectivity index (χ2v) is 5.52. The molecule has 0 spiro atoms. The third-order valence-electron chi connectivity index (χ3n) is 2.99. The fourth-order valence-electron chi connectivity index (χ4n) is 1.55. The molecule has 22 heavy (non-hydrogen) atoms. The summed E-state index contributed by atoms with van der Waals surface area (Å²) < 4.78 is 5.61. The summed E-state index contributed by atoms with van der Waals surface area (Å²) in [5.74, 6) is -0.789. The standard InChI is InChI=1S/C15H22N4O3/c1-12(2)14(20)18-6-5-7-19(3,4)8-9-22-15(21)13(10-16)11-17/h1,5-9H2,2-4H3,(H-,18,20,21)/p+1. The van der Waals surface area contributed by atoms with Crippen LogP contribution in [0.1, 0.15) is 13.3 Å². The van der Waals surface area contributed by atoms with Gasteiger partial charge in [0, 0.05) is 18.5 Å². The Morgan fingerprint density at radius 1 is 1.32 bits per heavy atom. The molecule has 0 saturated carbocycles. The molecule has 0 rings (SSSR count). The molecular formula is C15H23N4O3+. The number of nitrogens with one attached hydrogen (secondary N) is 1. The number of hydrogen-bond donors (Lipinski definition) is 2. The molecule has 0 aliphatic rings. The van der Waals surface area contributed by atoms with Gasteiger partial charge in [-0.25, -0.2) is 0 Å². The normalized spacial score (nSPS) is 10.0. The number of aliphatic hydroxyl groups is 1. The average molecular weight is 307 g/mol. The number of carbonyl (C=O) groups excluding carboxylic acids is 1. The van der Waals surface area contributed by atoms with E-state index in [4.69, 9.17) is 15.3 Å². The maximum atomic E-state index is 11.3. The van der Waals surface area contributed by atoms with E-state index in [2.05, 4.69) is 11.9 Å². The van der Waals surface area contributed by atoms with Crippen LogP contribution >= 0.6 is 0 Å². The average Bonchev–Trinajstić information content (AvgIpc) is 2.44. The third-order valence-corrected chi connectivity index (χ3v) is 2.99. The summed E-state index contributed by atoms with van der Waals surface area (Å²) in [7, 11) is 3.97. The first-order valence-corrected chi connectivity index (χ1v) is 6.85. The van der Waals surface area contributed by atoms with Crippen LogP contribution in [0.15, 0.2) is 23.7 Å². The highest BCUT2D eigenvalue weighted by atomic mass is 16.6. The fraction of sp³-hybridized carbons (Fsp3) is 0.533. The van der Waals surface area contributed by atoms with Gasteiger partial charge in [0.1, 0.15) is 25.3 Å². The molecule has 0 aliphatic carbocycles. The van der Waals surface area contributed by atoms with E-state index in [0.717, 1.165) is 13.0 Å². The van der Waals surface area contributed by atoms with Crippen molar-refractivity contribution in [3.8, 4) is 12.1 Å². The van der Waals surface area contributed by atoms with Gasteiger partial charge < -0.3 is 19.6 Å². The Balaban J connectivity index is 4.09. The predicted molar refractivity (Wildman–Crippen MR) is 81.1 cm³/mol. The minimum absolute atomic E-state index is 0.149. The molecule has 0 atom stereocenters. The molecule has 0 aromatic rings. The van der Waals surface area contributed by atoms with Crippen LogP contribution in [0, 0.1) is 22.7 Å². The number of aliphatic hydroxyl groups excluding tert-OH is 1. The van der Waals surface area contributed by atoms with E-state index in [-0.39, 0.29) is 12.5 Å². The van der Waals surface area contributed by atoms with Crippen LogP contribution in [0.25, 0.3) is 0 Å². The molecule has 0 bridgehead atoms. The monoisotopic (exact) mass is 307 g/mol. The smallest absolute Gasteiger partial charge is 0.306 e. The summed E-state index contributed by atoms with van der Waals surface area (Å²) in [5.41, 5.74) is 0.0445. The lowest BCUT2D eigenvalue weighted by atomic mass is 10.3. The van der Waals surface area contributed by atoms with Crippen LogP contribution in [0.4, 0.5) is 0 Å². The van der Waals surface area contributed by atoms with Gasteiger partial charge in [-0.2, -0.15) is 10.5 Å². The number of likely N-dealkylation sites (N-methyl/N-ethyl adjacent to an activating group) is 1. The Morgan fingerprint density at radius 3 is 2.41 bits per heavy atom. The highest BCUT2D eigenvalue weighted by Gasteiger charge is 2.16. The summed E-state index contributed by atoms with van der Waals surface area (Å²) in [4.78, 5) is 11.3. The van der Waals surface area contributed by atoms with Gasteiger partial charge in [0.05, 0.1) is 20.6 Å². The van der Waals surface area contributed by atoms with E-state index in [9.17, 15) is 9.90 Å². The van der Waals surface area contributed by atoms with Crippen molar-refractivity contribution >= 4 is 5.91 Å². The van der Waals surface area contributed by atoms with Crippen LogP contribution in [-0.4, -0.2) is 55.8 Å². The van der Waals surface area contributed by atoms with Gasteiger partial charge in [0.2, 0.25) is 11.5 Å². The van der Waals surface area contributed by atoms with Gasteiger partial charge in [-0.15, -0.1) is 0 Å². The summed E-state index contributed by atoms with van der Waals surface area (Å²) in [6, 6.07) is 3.10.